The molecule has 2 rings (SSSR count). The Hall–Kier alpha value is -2.74. The number of nitrogens with one attached hydrogen (secondary N) is 2. The maximum Gasteiger partial charge on any atom is 0.306 e. The fraction of sp³-hybridized carbons (Fsp3) is 0.211. The number of ether oxygens (including phenoxy) is 1. The van der Waals surface area contributed by atoms with Gasteiger partial charge in [0.05, 0.1) is 6.42 Å². The van der Waals surface area contributed by atoms with E-state index in [4.69, 9.17) is 4.74 Å². The van der Waals surface area contributed by atoms with Crippen LogP contribution in [0.4, 0.5) is 15.8 Å². The number of esters is 1. The van der Waals surface area contributed by atoms with Crippen molar-refractivity contribution in [1.82, 2.24) is 0 Å². The van der Waals surface area contributed by atoms with Gasteiger partial charge in [-0.15, -0.1) is 0 Å². The fourth-order valence-electron chi connectivity index (χ4n) is 2.14. The average Bonchev–Trinajstić information content (AvgIpc) is 2.62. The smallest absolute Gasteiger partial charge is 0.306 e. The Kier molecular flexibility index (Phi) is 7.48. The SMILES string of the molecule is Cc1cc(Br)ccc1NC(=O)COC(=O)CCC(=O)Nc1ccc(F)cc1. The van der Waals surface area contributed by atoms with Crippen molar-refractivity contribution in [2.45, 2.75) is 19.8 Å². The second-order valence-electron chi connectivity index (χ2n) is 5.72. The molecule has 0 unspecified atom stereocenters. The summed E-state index contributed by atoms with van der Waals surface area (Å²) >= 11 is 3.33. The van der Waals surface area contributed by atoms with Gasteiger partial charge >= 0.3 is 5.97 Å². The number of rotatable bonds is 7. The number of halogens is 2. The number of hydrogen-bond acceptors (Lipinski definition) is 4. The molecule has 0 fully saturated rings. The lowest BCUT2D eigenvalue weighted by atomic mass is 10.2. The largest absolute Gasteiger partial charge is 0.456 e. The minimum absolute atomic E-state index is 0.107. The van der Waals surface area contributed by atoms with Crippen LogP contribution in [0.1, 0.15) is 18.4 Å². The van der Waals surface area contributed by atoms with E-state index in [-0.39, 0.29) is 12.8 Å². The Labute approximate surface area is 164 Å². The first-order valence-electron chi connectivity index (χ1n) is 8.10. The van der Waals surface area contributed by atoms with Gasteiger partial charge in [0, 0.05) is 22.3 Å². The zero-order valence-corrected chi connectivity index (χ0v) is 16.1. The number of aryl methyl sites for hydroxylation is 1. The molecular weight excluding hydrogens is 419 g/mol. The molecule has 2 N–H and O–H groups in total. The van der Waals surface area contributed by atoms with Crippen molar-refractivity contribution in [1.29, 1.82) is 0 Å². The standard InChI is InChI=1S/C19H18BrFN2O4/c1-12-10-13(20)2-7-16(12)23-18(25)11-27-19(26)9-8-17(24)22-15-5-3-14(21)4-6-15/h2-7,10H,8-9,11H2,1H3,(H,22,24)(H,23,25). The van der Waals surface area contributed by atoms with Crippen molar-refractivity contribution < 1.29 is 23.5 Å². The zero-order chi connectivity index (χ0) is 19.8. The molecule has 0 saturated carbocycles. The molecule has 27 heavy (non-hydrogen) atoms. The highest BCUT2D eigenvalue weighted by atomic mass is 79.9. The summed E-state index contributed by atoms with van der Waals surface area (Å²) in [6.45, 7) is 1.40. The van der Waals surface area contributed by atoms with Crippen LogP contribution in [-0.2, 0) is 19.1 Å². The van der Waals surface area contributed by atoms with Crippen LogP contribution in [0.3, 0.4) is 0 Å². The van der Waals surface area contributed by atoms with Crippen molar-refractivity contribution >= 4 is 45.1 Å². The van der Waals surface area contributed by atoms with Gasteiger partial charge < -0.3 is 15.4 Å². The van der Waals surface area contributed by atoms with Crippen molar-refractivity contribution in [3.8, 4) is 0 Å². The molecule has 0 aromatic heterocycles. The highest BCUT2D eigenvalue weighted by molar-refractivity contribution is 9.10. The van der Waals surface area contributed by atoms with Gasteiger partial charge in [0.15, 0.2) is 6.61 Å². The maximum atomic E-state index is 12.8. The molecule has 2 aromatic carbocycles. The predicted octanol–water partition coefficient (Wildman–Crippen LogP) is 3.80. The molecule has 0 radical (unpaired) electrons. The first kappa shape index (κ1) is 20.6. The van der Waals surface area contributed by atoms with Gasteiger partial charge in [-0.05, 0) is 55.0 Å². The Morgan fingerprint density at radius 1 is 1.00 bits per heavy atom. The number of anilines is 2. The minimum Gasteiger partial charge on any atom is -0.456 e. The zero-order valence-electron chi connectivity index (χ0n) is 14.6. The molecule has 2 aromatic rings. The van der Waals surface area contributed by atoms with Crippen LogP contribution in [0.5, 0.6) is 0 Å². The third kappa shape index (κ3) is 7.18. The van der Waals surface area contributed by atoms with Gasteiger partial charge in [-0.25, -0.2) is 4.39 Å². The van der Waals surface area contributed by atoms with Crippen LogP contribution in [0.25, 0.3) is 0 Å². The first-order chi connectivity index (χ1) is 12.8. The molecule has 142 valence electrons. The molecular formula is C19H18BrFN2O4. The lowest BCUT2D eigenvalue weighted by molar-refractivity contribution is -0.147. The summed E-state index contributed by atoms with van der Waals surface area (Å²) in [5.74, 6) is -1.95. The number of amides is 2. The second kappa shape index (κ2) is 9.82. The molecule has 0 spiro atoms. The van der Waals surface area contributed by atoms with Gasteiger partial charge in [-0.3, -0.25) is 14.4 Å². The number of carbonyl (C=O) groups excluding carboxylic acids is 3. The van der Waals surface area contributed by atoms with Gasteiger partial charge in [0.2, 0.25) is 5.91 Å². The molecule has 0 saturated heterocycles. The average molecular weight is 437 g/mol. The third-order valence-corrected chi connectivity index (χ3v) is 4.00. The Balaban J connectivity index is 1.69. The molecule has 0 aliphatic carbocycles. The van der Waals surface area contributed by atoms with E-state index in [0.717, 1.165) is 10.0 Å². The van der Waals surface area contributed by atoms with Gasteiger partial charge in [0.25, 0.3) is 5.91 Å². The lowest BCUT2D eigenvalue weighted by Gasteiger charge is -2.09. The molecule has 6 nitrogen and oxygen atoms in total. The number of carbonyl (C=O) groups is 3. The monoisotopic (exact) mass is 436 g/mol. The van der Waals surface area contributed by atoms with E-state index in [1.54, 1.807) is 12.1 Å². The van der Waals surface area contributed by atoms with E-state index in [9.17, 15) is 18.8 Å². The molecule has 0 heterocycles. The normalized spacial score (nSPS) is 10.2. The van der Waals surface area contributed by atoms with Crippen LogP contribution in [0.2, 0.25) is 0 Å². The summed E-state index contributed by atoms with van der Waals surface area (Å²) in [6.07, 6.45) is -0.277. The Morgan fingerprint density at radius 2 is 1.70 bits per heavy atom. The van der Waals surface area contributed by atoms with Gasteiger partial charge in [-0.1, -0.05) is 15.9 Å². The topological polar surface area (TPSA) is 84.5 Å². The summed E-state index contributed by atoms with van der Waals surface area (Å²) in [4.78, 5) is 35.3. The summed E-state index contributed by atoms with van der Waals surface area (Å²) in [7, 11) is 0. The van der Waals surface area contributed by atoms with Gasteiger partial charge in [0.1, 0.15) is 5.82 Å². The van der Waals surface area contributed by atoms with E-state index in [0.29, 0.717) is 11.4 Å². The highest BCUT2D eigenvalue weighted by Crippen LogP contribution is 2.19. The molecule has 0 aliphatic rings. The molecule has 0 bridgehead atoms. The summed E-state index contributed by atoms with van der Waals surface area (Å²) in [6, 6.07) is 10.6. The molecule has 2 amide bonds. The van der Waals surface area contributed by atoms with Gasteiger partial charge in [-0.2, -0.15) is 0 Å². The second-order valence-corrected chi connectivity index (χ2v) is 6.64. The predicted molar refractivity (Wildman–Crippen MR) is 103 cm³/mol. The van der Waals surface area contributed by atoms with Crippen LogP contribution in [-0.4, -0.2) is 24.4 Å². The van der Waals surface area contributed by atoms with Crippen LogP contribution in [0, 0.1) is 12.7 Å². The third-order valence-electron chi connectivity index (χ3n) is 3.51. The number of hydrogen-bond donors (Lipinski definition) is 2. The van der Waals surface area contributed by atoms with Crippen molar-refractivity contribution in [3.05, 3.63) is 58.3 Å². The van der Waals surface area contributed by atoms with Crippen molar-refractivity contribution in [2.75, 3.05) is 17.2 Å². The van der Waals surface area contributed by atoms with Crippen molar-refractivity contribution in [3.63, 3.8) is 0 Å². The van der Waals surface area contributed by atoms with E-state index >= 15 is 0 Å². The van der Waals surface area contributed by atoms with E-state index in [2.05, 4.69) is 26.6 Å². The van der Waals surface area contributed by atoms with Crippen LogP contribution >= 0.6 is 15.9 Å². The number of benzene rings is 2. The Bertz CT molecular complexity index is 840. The van der Waals surface area contributed by atoms with E-state index in [1.165, 1.54) is 24.3 Å². The molecule has 8 heteroatoms. The fourth-order valence-corrected chi connectivity index (χ4v) is 2.62. The minimum atomic E-state index is -0.660. The summed E-state index contributed by atoms with van der Waals surface area (Å²) in [5, 5.41) is 5.18. The quantitative estimate of drug-likeness (QED) is 0.646. The van der Waals surface area contributed by atoms with Crippen molar-refractivity contribution in [2.24, 2.45) is 0 Å². The molecule has 0 aliphatic heterocycles. The van der Waals surface area contributed by atoms with E-state index < -0.39 is 30.2 Å². The summed E-state index contributed by atoms with van der Waals surface area (Å²) < 4.78 is 18.6. The molecule has 0 atom stereocenters. The summed E-state index contributed by atoms with van der Waals surface area (Å²) in [5.41, 5.74) is 1.92. The highest BCUT2D eigenvalue weighted by Gasteiger charge is 2.11. The van der Waals surface area contributed by atoms with Crippen LogP contribution in [0.15, 0.2) is 46.9 Å². The van der Waals surface area contributed by atoms with Crippen LogP contribution < -0.4 is 10.6 Å². The maximum absolute atomic E-state index is 12.8. The Morgan fingerprint density at radius 3 is 2.37 bits per heavy atom. The first-order valence-corrected chi connectivity index (χ1v) is 8.90. The lowest BCUT2D eigenvalue weighted by Crippen LogP contribution is -2.22. The van der Waals surface area contributed by atoms with E-state index in [1.807, 2.05) is 13.0 Å².